The minimum atomic E-state index is 0. The Morgan fingerprint density at radius 1 is 1.07 bits per heavy atom. The summed E-state index contributed by atoms with van der Waals surface area (Å²) in [7, 11) is 0. The molecule has 0 heterocycles. The first-order valence-corrected chi connectivity index (χ1v) is 4.49. The molecule has 0 saturated heterocycles. The Balaban J connectivity index is 0.000000280. The molecule has 0 aromatic heterocycles. The van der Waals surface area contributed by atoms with E-state index in [9.17, 15) is 0 Å². The molecule has 88 valence electrons. The predicted molar refractivity (Wildman–Crippen MR) is 55.9 cm³/mol. The van der Waals surface area contributed by atoms with Gasteiger partial charge in [-0.05, 0) is 0 Å². The molecule has 0 amide bonds. The molecule has 0 saturated carbocycles. The second-order valence-electron chi connectivity index (χ2n) is 2.91. The van der Waals surface area contributed by atoms with Crippen LogP contribution in [0.2, 0.25) is 0 Å². The number of aliphatic hydroxyl groups is 2. The summed E-state index contributed by atoms with van der Waals surface area (Å²) >= 11 is 0. The van der Waals surface area contributed by atoms with Gasteiger partial charge < -0.3 is 40.5 Å². The van der Waals surface area contributed by atoms with Gasteiger partial charge in [-0.25, -0.2) is 6.07 Å². The SMILES string of the molecule is OCc1cc[c-](CO)c1.[Fe].[cH-]1[cH-][cH-][cH-][cH-]1. The van der Waals surface area contributed by atoms with Gasteiger partial charge in [-0.1, -0.05) is 0 Å². The maximum absolute atomic E-state index is 8.56. The zero-order valence-electron chi connectivity index (χ0n) is 8.28. The average molecular weight is 246 g/mol. The third-order valence-corrected chi connectivity index (χ3v) is 1.80. The fourth-order valence-electron chi connectivity index (χ4n) is 1.07. The normalized spacial score (nSPS) is 8.67. The Labute approximate surface area is 100 Å². The van der Waals surface area contributed by atoms with Crippen LogP contribution in [0.3, 0.4) is 0 Å². The number of rotatable bonds is 2. The molecular weight excluding hydrogens is 232 g/mol. The first-order chi connectivity index (χ1) is 6.86. The third-order valence-electron chi connectivity index (χ3n) is 1.80. The van der Waals surface area contributed by atoms with Gasteiger partial charge in [0.2, 0.25) is 0 Å². The predicted octanol–water partition coefficient (Wildman–Crippen LogP) is 1.79. The fourth-order valence-corrected chi connectivity index (χ4v) is 1.07. The van der Waals surface area contributed by atoms with Gasteiger partial charge in [0.15, 0.2) is 0 Å². The average Bonchev–Trinajstić information content (AvgIpc) is 2.92. The van der Waals surface area contributed by atoms with E-state index in [1.165, 1.54) is 0 Å². The standard InChI is InChI=1S/C7H9O2.C5H5.Fe/c8-4-6-1-2-7(3-6)5-9;1-2-4-5-3-1;/h1-3,8-9H,4-5H2;1-5H;/q-1;-5;. The largest absolute Gasteiger partial charge is 0.748 e. The Hall–Kier alpha value is -0.861. The van der Waals surface area contributed by atoms with Crippen LogP contribution in [0.1, 0.15) is 11.1 Å². The van der Waals surface area contributed by atoms with Gasteiger partial charge in [0, 0.05) is 30.3 Å². The van der Waals surface area contributed by atoms with Crippen molar-refractivity contribution in [3.8, 4) is 0 Å². The molecule has 0 unspecified atom stereocenters. The van der Waals surface area contributed by atoms with Crippen LogP contribution in [0.15, 0.2) is 48.5 Å². The molecule has 3 heteroatoms. The molecule has 0 aliphatic carbocycles. The molecule has 0 atom stereocenters. The van der Waals surface area contributed by atoms with Crippen LogP contribution in [0, 0.1) is 0 Å². The molecule has 0 spiro atoms. The summed E-state index contributed by atoms with van der Waals surface area (Å²) in [6.07, 6.45) is 0. The van der Waals surface area contributed by atoms with E-state index in [0.29, 0.717) is 0 Å². The van der Waals surface area contributed by atoms with Crippen LogP contribution < -0.4 is 0 Å². The topological polar surface area (TPSA) is 40.5 Å². The first kappa shape index (κ1) is 14.1. The number of hydrogen-bond donors (Lipinski definition) is 2. The Morgan fingerprint density at radius 2 is 1.60 bits per heavy atom. The van der Waals surface area contributed by atoms with E-state index in [2.05, 4.69) is 0 Å². The zero-order chi connectivity index (χ0) is 10.2. The quantitative estimate of drug-likeness (QED) is 0.626. The van der Waals surface area contributed by atoms with Crippen molar-refractivity contribution in [2.24, 2.45) is 0 Å². The minimum absolute atomic E-state index is 0. The second-order valence-corrected chi connectivity index (χ2v) is 2.91. The van der Waals surface area contributed by atoms with E-state index in [4.69, 9.17) is 10.2 Å². The van der Waals surface area contributed by atoms with Gasteiger partial charge >= 0.3 is 0 Å². The van der Waals surface area contributed by atoms with Gasteiger partial charge in [-0.2, -0.15) is 17.7 Å². The minimum Gasteiger partial charge on any atom is -0.748 e. The molecule has 2 aromatic rings. The van der Waals surface area contributed by atoms with Crippen molar-refractivity contribution in [2.45, 2.75) is 13.2 Å². The van der Waals surface area contributed by atoms with Crippen molar-refractivity contribution < 1.29 is 27.3 Å². The summed E-state index contributed by atoms with van der Waals surface area (Å²) in [4.78, 5) is 0. The van der Waals surface area contributed by atoms with Crippen LogP contribution in [0.25, 0.3) is 0 Å². The molecule has 0 fully saturated rings. The molecule has 0 aliphatic rings. The summed E-state index contributed by atoms with van der Waals surface area (Å²) in [5.41, 5.74) is 1.72. The van der Waals surface area contributed by atoms with E-state index < -0.39 is 0 Å². The van der Waals surface area contributed by atoms with Crippen molar-refractivity contribution >= 4 is 0 Å². The molecular formula is C12H14FeO2-6. The van der Waals surface area contributed by atoms with Crippen LogP contribution in [0.4, 0.5) is 0 Å². The van der Waals surface area contributed by atoms with Gasteiger partial charge in [0.05, 0.1) is 0 Å². The van der Waals surface area contributed by atoms with E-state index in [0.717, 1.165) is 11.1 Å². The maximum atomic E-state index is 8.56. The summed E-state index contributed by atoms with van der Waals surface area (Å²) in [6, 6.07) is 15.4. The van der Waals surface area contributed by atoms with Crippen molar-refractivity contribution in [3.05, 3.63) is 59.7 Å². The Bertz CT molecular complexity index is 289. The van der Waals surface area contributed by atoms with Crippen LogP contribution >= 0.6 is 0 Å². The molecule has 2 nitrogen and oxygen atoms in total. The van der Waals surface area contributed by atoms with E-state index in [-0.39, 0.29) is 30.3 Å². The zero-order valence-corrected chi connectivity index (χ0v) is 9.39. The number of aliphatic hydroxyl groups excluding tert-OH is 2. The van der Waals surface area contributed by atoms with Crippen molar-refractivity contribution in [2.75, 3.05) is 0 Å². The van der Waals surface area contributed by atoms with E-state index >= 15 is 0 Å². The molecule has 0 aliphatic heterocycles. The molecule has 15 heavy (non-hydrogen) atoms. The Morgan fingerprint density at radius 3 is 1.87 bits per heavy atom. The number of hydrogen-bond acceptors (Lipinski definition) is 2. The van der Waals surface area contributed by atoms with Gasteiger partial charge in [-0.3, -0.25) is 0 Å². The van der Waals surface area contributed by atoms with Gasteiger partial charge in [0.25, 0.3) is 0 Å². The van der Waals surface area contributed by atoms with Crippen LogP contribution in [0.5, 0.6) is 0 Å². The van der Waals surface area contributed by atoms with Crippen molar-refractivity contribution in [1.82, 2.24) is 0 Å². The van der Waals surface area contributed by atoms with Crippen LogP contribution in [-0.4, -0.2) is 10.2 Å². The summed E-state index contributed by atoms with van der Waals surface area (Å²) < 4.78 is 0. The van der Waals surface area contributed by atoms with E-state index in [1.54, 1.807) is 18.2 Å². The molecule has 2 N–H and O–H groups in total. The first-order valence-electron chi connectivity index (χ1n) is 4.49. The fraction of sp³-hybridized carbons (Fsp3) is 0.167. The summed E-state index contributed by atoms with van der Waals surface area (Å²) in [5.74, 6) is 0. The van der Waals surface area contributed by atoms with E-state index in [1.807, 2.05) is 30.3 Å². The molecule has 0 bridgehead atoms. The smallest absolute Gasteiger partial charge is 0.0238 e. The molecule has 2 rings (SSSR count). The van der Waals surface area contributed by atoms with Crippen molar-refractivity contribution in [3.63, 3.8) is 0 Å². The monoisotopic (exact) mass is 246 g/mol. The van der Waals surface area contributed by atoms with Gasteiger partial charge in [0.1, 0.15) is 0 Å². The summed E-state index contributed by atoms with van der Waals surface area (Å²) in [5, 5.41) is 17.1. The summed E-state index contributed by atoms with van der Waals surface area (Å²) in [6.45, 7) is 0.111. The van der Waals surface area contributed by atoms with Crippen LogP contribution in [-0.2, 0) is 30.3 Å². The van der Waals surface area contributed by atoms with Gasteiger partial charge in [-0.15, -0.1) is 5.56 Å². The van der Waals surface area contributed by atoms with Crippen molar-refractivity contribution in [1.29, 1.82) is 0 Å². The Kier molecular flexibility index (Phi) is 7.96. The molecule has 2 aromatic carbocycles. The molecule has 0 radical (unpaired) electrons. The second kappa shape index (κ2) is 8.45. The third kappa shape index (κ3) is 5.55. The maximum Gasteiger partial charge on any atom is 0.0238 e.